The molecule has 23 heavy (non-hydrogen) atoms. The molecule has 0 bridgehead atoms. The third kappa shape index (κ3) is 3.29. The number of likely N-dealkylation sites (tertiary alicyclic amines) is 1. The van der Waals surface area contributed by atoms with Gasteiger partial charge in [-0.15, -0.1) is 5.10 Å². The first kappa shape index (κ1) is 15.7. The Kier molecular flexibility index (Phi) is 4.21. The second-order valence-corrected chi connectivity index (χ2v) is 6.41. The minimum atomic E-state index is -1.10. The van der Waals surface area contributed by atoms with E-state index in [1.165, 1.54) is 0 Å². The minimum Gasteiger partial charge on any atom is -0.472 e. The van der Waals surface area contributed by atoms with Crippen molar-refractivity contribution in [3.05, 3.63) is 36.0 Å². The van der Waals surface area contributed by atoms with Crippen LogP contribution in [0.3, 0.4) is 0 Å². The van der Waals surface area contributed by atoms with E-state index in [1.807, 2.05) is 19.9 Å². The number of hydrogen-bond acceptors (Lipinski definition) is 5. The van der Waals surface area contributed by atoms with Crippen LogP contribution in [0.25, 0.3) is 0 Å². The van der Waals surface area contributed by atoms with Crippen molar-refractivity contribution in [1.29, 1.82) is 0 Å². The SMILES string of the molecule is CC(C)n1cc([C@@]2(O)CCN(C(=O)CCc3ccoc3)C2)nn1. The van der Waals surface area contributed by atoms with Gasteiger partial charge >= 0.3 is 0 Å². The van der Waals surface area contributed by atoms with Gasteiger partial charge in [0, 0.05) is 25.4 Å². The highest BCUT2D eigenvalue weighted by Gasteiger charge is 2.41. The van der Waals surface area contributed by atoms with Crippen LogP contribution in [0.5, 0.6) is 0 Å². The predicted molar refractivity (Wildman–Crippen MR) is 82.5 cm³/mol. The van der Waals surface area contributed by atoms with Crippen molar-refractivity contribution in [3.8, 4) is 0 Å². The molecule has 7 heteroatoms. The number of β-amino-alcohol motifs (C(OH)–C–C–N with tert-alkyl or cyclic N) is 1. The summed E-state index contributed by atoms with van der Waals surface area (Å²) in [6.45, 7) is 4.81. The summed E-state index contributed by atoms with van der Waals surface area (Å²) in [7, 11) is 0. The molecule has 124 valence electrons. The van der Waals surface area contributed by atoms with Crippen LogP contribution in [-0.4, -0.2) is 44.0 Å². The number of aliphatic hydroxyl groups is 1. The summed E-state index contributed by atoms with van der Waals surface area (Å²) in [6.07, 6.45) is 6.57. The van der Waals surface area contributed by atoms with E-state index in [0.717, 1.165) is 5.56 Å². The molecule has 0 spiro atoms. The van der Waals surface area contributed by atoms with Gasteiger partial charge in [0.05, 0.1) is 25.3 Å². The second kappa shape index (κ2) is 6.16. The lowest BCUT2D eigenvalue weighted by Crippen LogP contribution is -2.34. The van der Waals surface area contributed by atoms with Gasteiger partial charge in [-0.25, -0.2) is 4.68 Å². The Balaban J connectivity index is 1.61. The molecule has 1 amide bonds. The van der Waals surface area contributed by atoms with Crippen LogP contribution < -0.4 is 0 Å². The molecule has 0 saturated carbocycles. The topological polar surface area (TPSA) is 84.4 Å². The highest BCUT2D eigenvalue weighted by atomic mass is 16.3. The molecule has 0 unspecified atom stereocenters. The van der Waals surface area contributed by atoms with Crippen molar-refractivity contribution < 1.29 is 14.3 Å². The summed E-state index contributed by atoms with van der Waals surface area (Å²) in [4.78, 5) is 14.0. The largest absolute Gasteiger partial charge is 0.472 e. The van der Waals surface area contributed by atoms with Crippen molar-refractivity contribution in [2.45, 2.75) is 44.8 Å². The number of aryl methyl sites for hydroxylation is 1. The molecule has 7 nitrogen and oxygen atoms in total. The molecule has 0 radical (unpaired) electrons. The third-order valence-corrected chi connectivity index (χ3v) is 4.32. The van der Waals surface area contributed by atoms with Crippen molar-refractivity contribution in [2.75, 3.05) is 13.1 Å². The number of carbonyl (C=O) groups excluding carboxylic acids is 1. The molecule has 1 atom stereocenters. The Morgan fingerprint density at radius 2 is 2.35 bits per heavy atom. The Morgan fingerprint density at radius 1 is 1.52 bits per heavy atom. The molecule has 2 aromatic heterocycles. The minimum absolute atomic E-state index is 0.0402. The molecular weight excluding hydrogens is 296 g/mol. The lowest BCUT2D eigenvalue weighted by Gasteiger charge is -2.21. The fraction of sp³-hybridized carbons (Fsp3) is 0.562. The normalized spacial score (nSPS) is 21.3. The molecule has 0 aromatic carbocycles. The molecule has 2 aromatic rings. The number of carbonyl (C=O) groups is 1. The maximum absolute atomic E-state index is 12.3. The zero-order chi connectivity index (χ0) is 16.4. The van der Waals surface area contributed by atoms with Crippen LogP contribution in [0, 0.1) is 0 Å². The van der Waals surface area contributed by atoms with Crippen LogP contribution in [-0.2, 0) is 16.8 Å². The number of amides is 1. The number of aromatic nitrogens is 3. The number of rotatable bonds is 5. The number of furan rings is 1. The predicted octanol–water partition coefficient (Wildman–Crippen LogP) is 1.50. The summed E-state index contributed by atoms with van der Waals surface area (Å²) >= 11 is 0. The monoisotopic (exact) mass is 318 g/mol. The van der Waals surface area contributed by atoms with E-state index in [9.17, 15) is 9.90 Å². The first-order valence-electron chi connectivity index (χ1n) is 7.91. The molecule has 1 N–H and O–H groups in total. The first-order chi connectivity index (χ1) is 11.0. The zero-order valence-electron chi connectivity index (χ0n) is 13.5. The average Bonchev–Trinajstić information content (AvgIpc) is 3.25. The van der Waals surface area contributed by atoms with Gasteiger partial charge in [-0.3, -0.25) is 4.79 Å². The molecule has 3 heterocycles. The molecule has 1 fully saturated rings. The highest BCUT2D eigenvalue weighted by molar-refractivity contribution is 5.77. The zero-order valence-corrected chi connectivity index (χ0v) is 13.5. The Labute approximate surface area is 134 Å². The molecule has 1 aliphatic rings. The van der Waals surface area contributed by atoms with Crippen LogP contribution >= 0.6 is 0 Å². The van der Waals surface area contributed by atoms with Gasteiger partial charge in [0.25, 0.3) is 0 Å². The van der Waals surface area contributed by atoms with Crippen molar-refractivity contribution >= 4 is 5.91 Å². The Morgan fingerprint density at radius 3 is 3.00 bits per heavy atom. The molecule has 1 saturated heterocycles. The fourth-order valence-electron chi connectivity index (χ4n) is 2.80. The van der Waals surface area contributed by atoms with E-state index >= 15 is 0 Å². The van der Waals surface area contributed by atoms with Crippen LogP contribution in [0.1, 0.15) is 44.0 Å². The van der Waals surface area contributed by atoms with Gasteiger partial charge in [0.1, 0.15) is 11.3 Å². The van der Waals surface area contributed by atoms with Gasteiger partial charge < -0.3 is 14.4 Å². The average molecular weight is 318 g/mol. The van der Waals surface area contributed by atoms with Crippen LogP contribution in [0.4, 0.5) is 0 Å². The number of hydrogen-bond donors (Lipinski definition) is 1. The van der Waals surface area contributed by atoms with Gasteiger partial charge in [0.15, 0.2) is 0 Å². The van der Waals surface area contributed by atoms with Crippen molar-refractivity contribution in [3.63, 3.8) is 0 Å². The quantitative estimate of drug-likeness (QED) is 0.903. The van der Waals surface area contributed by atoms with Gasteiger partial charge in [0.2, 0.25) is 5.91 Å². The van der Waals surface area contributed by atoms with E-state index < -0.39 is 5.60 Å². The van der Waals surface area contributed by atoms with E-state index in [0.29, 0.717) is 31.5 Å². The maximum atomic E-state index is 12.3. The molecule has 3 rings (SSSR count). The van der Waals surface area contributed by atoms with Crippen LogP contribution in [0.2, 0.25) is 0 Å². The summed E-state index contributed by atoms with van der Waals surface area (Å²) in [5.74, 6) is 0.0402. The van der Waals surface area contributed by atoms with E-state index in [-0.39, 0.29) is 18.5 Å². The highest BCUT2D eigenvalue weighted by Crippen LogP contribution is 2.31. The second-order valence-electron chi connectivity index (χ2n) is 6.41. The summed E-state index contributed by atoms with van der Waals surface area (Å²) in [5.41, 5.74) is 0.447. The third-order valence-electron chi connectivity index (χ3n) is 4.32. The molecule has 0 aliphatic carbocycles. The fourth-order valence-corrected chi connectivity index (χ4v) is 2.80. The van der Waals surface area contributed by atoms with E-state index in [1.54, 1.807) is 28.3 Å². The lowest BCUT2D eigenvalue weighted by molar-refractivity contribution is -0.131. The standard InChI is InChI=1S/C16H22N4O3/c1-12(2)20-9-14(17-18-20)16(22)6-7-19(11-16)15(21)4-3-13-5-8-23-10-13/h5,8-10,12,22H,3-4,6-7,11H2,1-2H3/t16-/m1/s1. The van der Waals surface area contributed by atoms with E-state index in [2.05, 4.69) is 10.3 Å². The Bertz CT molecular complexity index is 665. The van der Waals surface area contributed by atoms with Crippen molar-refractivity contribution in [1.82, 2.24) is 19.9 Å². The van der Waals surface area contributed by atoms with Gasteiger partial charge in [-0.05, 0) is 31.9 Å². The van der Waals surface area contributed by atoms with E-state index in [4.69, 9.17) is 4.42 Å². The number of nitrogens with zero attached hydrogens (tertiary/aromatic N) is 4. The maximum Gasteiger partial charge on any atom is 0.223 e. The van der Waals surface area contributed by atoms with Crippen LogP contribution in [0.15, 0.2) is 29.2 Å². The van der Waals surface area contributed by atoms with Crippen molar-refractivity contribution in [2.24, 2.45) is 0 Å². The first-order valence-corrected chi connectivity index (χ1v) is 7.91. The Hall–Kier alpha value is -2.15. The molecular formula is C16H22N4O3. The molecule has 1 aliphatic heterocycles. The summed E-state index contributed by atoms with van der Waals surface area (Å²) in [5, 5.41) is 18.9. The summed E-state index contributed by atoms with van der Waals surface area (Å²) in [6, 6.07) is 2.05. The smallest absolute Gasteiger partial charge is 0.223 e. The van der Waals surface area contributed by atoms with Gasteiger partial charge in [-0.2, -0.15) is 0 Å². The lowest BCUT2D eigenvalue weighted by atomic mass is 10.00. The van der Waals surface area contributed by atoms with Gasteiger partial charge in [-0.1, -0.05) is 5.21 Å². The summed E-state index contributed by atoms with van der Waals surface area (Å²) < 4.78 is 6.72.